The maximum absolute atomic E-state index is 12.6. The van der Waals surface area contributed by atoms with Gasteiger partial charge in [0.25, 0.3) is 5.91 Å². The van der Waals surface area contributed by atoms with Crippen LogP contribution < -0.4 is 21.8 Å². The van der Waals surface area contributed by atoms with E-state index in [1.807, 2.05) is 34.6 Å². The molecule has 0 heterocycles. The first kappa shape index (κ1) is 21.3. The number of carbonyl (C=O) groups excluding carboxylic acids is 3. The number of likely N-dealkylation sites (N-methyl/N-ethyl adjacent to an activating group) is 1. The van der Waals surface area contributed by atoms with Crippen molar-refractivity contribution in [3.05, 3.63) is 0 Å². The van der Waals surface area contributed by atoms with Gasteiger partial charge in [-0.15, -0.1) is 0 Å². The number of hydrogen-bond donors (Lipinski definition) is 5. The lowest BCUT2D eigenvalue weighted by Gasteiger charge is -2.32. The number of nitrogens with one attached hydrogen (secondary N) is 3. The van der Waals surface area contributed by atoms with E-state index < -0.39 is 35.2 Å². The van der Waals surface area contributed by atoms with Gasteiger partial charge in [-0.05, 0) is 17.8 Å². The molecule has 23 heavy (non-hydrogen) atoms. The summed E-state index contributed by atoms with van der Waals surface area (Å²) in [6, 6.07) is -1.97. The fourth-order valence-electron chi connectivity index (χ4n) is 2.25. The quantitative estimate of drug-likeness (QED) is 0.324. The van der Waals surface area contributed by atoms with Crippen molar-refractivity contribution in [2.75, 3.05) is 7.05 Å². The molecule has 0 radical (unpaired) electrons. The van der Waals surface area contributed by atoms with Gasteiger partial charge in [0.05, 0.1) is 12.0 Å². The monoisotopic (exact) mass is 330 g/mol. The normalized spacial score (nSPS) is 15.5. The Bertz CT molecular complexity index is 432. The zero-order chi connectivity index (χ0) is 18.4. The number of hydroxylamine groups is 1. The highest BCUT2D eigenvalue weighted by molar-refractivity contribution is 5.92. The molecule has 3 amide bonds. The summed E-state index contributed by atoms with van der Waals surface area (Å²) in [7, 11) is 1.49. The van der Waals surface area contributed by atoms with E-state index >= 15 is 0 Å². The van der Waals surface area contributed by atoms with Crippen molar-refractivity contribution in [1.29, 1.82) is 0 Å². The van der Waals surface area contributed by atoms with Crippen LogP contribution in [0.15, 0.2) is 0 Å². The van der Waals surface area contributed by atoms with Crippen molar-refractivity contribution in [3.63, 3.8) is 0 Å². The Morgan fingerprint density at radius 1 is 1.09 bits per heavy atom. The average Bonchev–Trinajstić information content (AvgIpc) is 2.46. The van der Waals surface area contributed by atoms with E-state index in [2.05, 4.69) is 10.6 Å². The lowest BCUT2D eigenvalue weighted by molar-refractivity contribution is -0.139. The van der Waals surface area contributed by atoms with Crippen LogP contribution in [0.1, 0.15) is 41.0 Å². The predicted molar refractivity (Wildman–Crippen MR) is 86.3 cm³/mol. The van der Waals surface area contributed by atoms with Crippen molar-refractivity contribution in [2.45, 2.75) is 53.1 Å². The number of carbonyl (C=O) groups is 3. The molecule has 0 bridgehead atoms. The molecule has 3 atom stereocenters. The fourth-order valence-corrected chi connectivity index (χ4v) is 2.25. The number of rotatable bonds is 7. The van der Waals surface area contributed by atoms with Gasteiger partial charge in [0, 0.05) is 7.05 Å². The van der Waals surface area contributed by atoms with Crippen LogP contribution in [0.4, 0.5) is 0 Å². The molecule has 0 unspecified atom stereocenters. The highest BCUT2D eigenvalue weighted by atomic mass is 16.5. The molecule has 8 heteroatoms. The second-order valence-corrected chi connectivity index (χ2v) is 7.16. The van der Waals surface area contributed by atoms with Crippen molar-refractivity contribution >= 4 is 17.7 Å². The minimum atomic E-state index is -1.20. The van der Waals surface area contributed by atoms with Gasteiger partial charge in [-0.25, -0.2) is 5.48 Å². The number of hydrogen-bond acceptors (Lipinski definition) is 5. The maximum Gasteiger partial charge on any atom is 0.261 e. The zero-order valence-electron chi connectivity index (χ0n) is 14.8. The van der Waals surface area contributed by atoms with E-state index in [1.165, 1.54) is 12.5 Å². The highest BCUT2D eigenvalue weighted by Crippen LogP contribution is 2.22. The Kier molecular flexibility index (Phi) is 8.19. The molecular formula is C15H30N4O4. The van der Waals surface area contributed by atoms with Crippen LogP contribution in [-0.4, -0.2) is 42.1 Å². The lowest BCUT2D eigenvalue weighted by atomic mass is 9.84. The molecule has 0 aliphatic carbocycles. The number of nitrogens with two attached hydrogens (primary N) is 1. The highest BCUT2D eigenvalue weighted by Gasteiger charge is 2.37. The Morgan fingerprint density at radius 2 is 1.61 bits per heavy atom. The van der Waals surface area contributed by atoms with E-state index in [-0.39, 0.29) is 11.8 Å². The van der Waals surface area contributed by atoms with Crippen LogP contribution in [-0.2, 0) is 14.4 Å². The fraction of sp³-hybridized carbons (Fsp3) is 0.800. The van der Waals surface area contributed by atoms with Gasteiger partial charge < -0.3 is 16.4 Å². The summed E-state index contributed by atoms with van der Waals surface area (Å²) in [5.74, 6) is -2.39. The lowest BCUT2D eigenvalue weighted by Crippen LogP contribution is -2.57. The summed E-state index contributed by atoms with van der Waals surface area (Å²) in [5.41, 5.74) is 6.74. The molecule has 0 spiro atoms. The third-order valence-corrected chi connectivity index (χ3v) is 3.57. The van der Waals surface area contributed by atoms with E-state index in [4.69, 9.17) is 10.9 Å². The topological polar surface area (TPSA) is 134 Å². The summed E-state index contributed by atoms with van der Waals surface area (Å²) in [6.45, 7) is 9.26. The molecule has 0 aliphatic heterocycles. The average molecular weight is 330 g/mol. The van der Waals surface area contributed by atoms with Crippen molar-refractivity contribution in [2.24, 2.45) is 23.0 Å². The first-order chi connectivity index (χ1) is 10.4. The zero-order valence-corrected chi connectivity index (χ0v) is 14.8. The van der Waals surface area contributed by atoms with Gasteiger partial charge in [-0.3, -0.25) is 19.6 Å². The second-order valence-electron chi connectivity index (χ2n) is 7.16. The predicted octanol–water partition coefficient (Wildman–Crippen LogP) is -0.242. The first-order valence-electron chi connectivity index (χ1n) is 7.67. The van der Waals surface area contributed by atoms with Gasteiger partial charge in [0.15, 0.2) is 0 Å². The van der Waals surface area contributed by atoms with E-state index in [0.717, 1.165) is 0 Å². The summed E-state index contributed by atoms with van der Waals surface area (Å²) in [6.07, 6.45) is 0.352. The second kappa shape index (κ2) is 8.83. The van der Waals surface area contributed by atoms with E-state index in [9.17, 15) is 14.4 Å². The van der Waals surface area contributed by atoms with Crippen LogP contribution in [0.3, 0.4) is 0 Å². The Morgan fingerprint density at radius 3 is 1.96 bits per heavy atom. The Labute approximate surface area is 137 Å². The molecular weight excluding hydrogens is 300 g/mol. The van der Waals surface area contributed by atoms with Crippen LogP contribution >= 0.6 is 0 Å². The summed E-state index contributed by atoms with van der Waals surface area (Å²) < 4.78 is 0. The maximum atomic E-state index is 12.6. The van der Waals surface area contributed by atoms with Gasteiger partial charge in [0.1, 0.15) is 6.04 Å². The van der Waals surface area contributed by atoms with Crippen molar-refractivity contribution in [3.8, 4) is 0 Å². The van der Waals surface area contributed by atoms with E-state index in [0.29, 0.717) is 6.42 Å². The van der Waals surface area contributed by atoms with Crippen LogP contribution in [0.5, 0.6) is 0 Å². The molecule has 8 nitrogen and oxygen atoms in total. The minimum Gasteiger partial charge on any atom is -0.357 e. The molecule has 134 valence electrons. The number of amides is 3. The summed E-state index contributed by atoms with van der Waals surface area (Å²) >= 11 is 0. The van der Waals surface area contributed by atoms with Crippen LogP contribution in [0.2, 0.25) is 0 Å². The molecule has 0 saturated carbocycles. The van der Waals surface area contributed by atoms with Gasteiger partial charge >= 0.3 is 0 Å². The third-order valence-electron chi connectivity index (χ3n) is 3.57. The van der Waals surface area contributed by atoms with Gasteiger partial charge in [-0.2, -0.15) is 0 Å². The smallest absolute Gasteiger partial charge is 0.261 e. The van der Waals surface area contributed by atoms with Gasteiger partial charge in [0.2, 0.25) is 11.8 Å². The Balaban J connectivity index is 5.35. The molecule has 0 fully saturated rings. The molecule has 0 rings (SSSR count). The summed E-state index contributed by atoms with van der Waals surface area (Å²) in [4.78, 5) is 36.2. The minimum absolute atomic E-state index is 0.108. The molecule has 0 aromatic carbocycles. The molecule has 0 aromatic rings. The SMILES string of the molecule is CNC(=O)[C@@H](NC(=O)[C@@H](CC(C)C)[C@H](N)C(=O)NO)C(C)(C)C. The third kappa shape index (κ3) is 6.54. The Hall–Kier alpha value is -1.67. The van der Waals surface area contributed by atoms with E-state index in [1.54, 1.807) is 0 Å². The van der Waals surface area contributed by atoms with Crippen LogP contribution in [0.25, 0.3) is 0 Å². The first-order valence-corrected chi connectivity index (χ1v) is 7.67. The largest absolute Gasteiger partial charge is 0.357 e. The van der Waals surface area contributed by atoms with Gasteiger partial charge in [-0.1, -0.05) is 34.6 Å². The van der Waals surface area contributed by atoms with Crippen molar-refractivity contribution < 1.29 is 19.6 Å². The standard InChI is InChI=1S/C15H30N4O4/c1-8(2)7-9(10(16)13(21)19-23)12(20)18-11(14(22)17-6)15(3,4)5/h8-11,23H,7,16H2,1-6H3,(H,17,22)(H,18,20)(H,19,21)/t9-,10-,11+/m0/s1. The molecule has 0 saturated heterocycles. The van der Waals surface area contributed by atoms with Crippen molar-refractivity contribution in [1.82, 2.24) is 16.1 Å². The molecule has 6 N–H and O–H groups in total. The summed E-state index contributed by atoms with van der Waals surface area (Å²) in [5, 5.41) is 13.9. The molecule has 0 aromatic heterocycles. The molecule has 0 aliphatic rings. The van der Waals surface area contributed by atoms with Crippen LogP contribution in [0, 0.1) is 17.3 Å².